The molecular formula is C26H26IN3O4. The number of halogens is 1. The number of carbonyl (C=O) groups is 3. The Labute approximate surface area is 212 Å². The first-order chi connectivity index (χ1) is 16.3. The number of ether oxygens (including phenoxy) is 1. The third kappa shape index (κ3) is 7.31. The number of likely N-dealkylation sites (N-methyl/N-ethyl adjacent to an activating group) is 1. The molecule has 0 aliphatic rings. The number of amides is 3. The van der Waals surface area contributed by atoms with Crippen LogP contribution in [-0.2, 0) is 16.1 Å². The van der Waals surface area contributed by atoms with Crippen molar-refractivity contribution in [3.63, 3.8) is 0 Å². The molecule has 3 amide bonds. The quantitative estimate of drug-likeness (QED) is 0.379. The summed E-state index contributed by atoms with van der Waals surface area (Å²) in [6, 6.07) is 22.9. The molecule has 3 aromatic rings. The number of rotatable bonds is 9. The maximum atomic E-state index is 12.9. The van der Waals surface area contributed by atoms with Crippen LogP contribution in [0.25, 0.3) is 0 Å². The average molecular weight is 571 g/mol. The smallest absolute Gasteiger partial charge is 0.262 e. The van der Waals surface area contributed by atoms with E-state index >= 15 is 0 Å². The van der Waals surface area contributed by atoms with Gasteiger partial charge in [-0.3, -0.25) is 14.4 Å². The Morgan fingerprint density at radius 1 is 0.941 bits per heavy atom. The standard InChI is InChI=1S/C26H26IN3O4/c1-18(26(33)30(2)16-19-8-4-3-5-9-19)28-25(32)22-10-6-7-11-23(22)34-17-24(31)29-21-14-12-20(27)13-15-21/h3-15,18H,16-17H2,1-2H3,(H,28,32)(H,29,31)/t18-/m0/s1. The highest BCUT2D eigenvalue weighted by Gasteiger charge is 2.22. The Kier molecular flexibility index (Phi) is 9.03. The van der Waals surface area contributed by atoms with Gasteiger partial charge >= 0.3 is 0 Å². The van der Waals surface area contributed by atoms with Crippen LogP contribution < -0.4 is 15.4 Å². The van der Waals surface area contributed by atoms with Crippen molar-refractivity contribution in [3.8, 4) is 5.75 Å². The fourth-order valence-electron chi connectivity index (χ4n) is 3.26. The molecule has 176 valence electrons. The van der Waals surface area contributed by atoms with Crippen LogP contribution in [0, 0.1) is 3.57 Å². The highest BCUT2D eigenvalue weighted by molar-refractivity contribution is 14.1. The van der Waals surface area contributed by atoms with E-state index < -0.39 is 11.9 Å². The van der Waals surface area contributed by atoms with Crippen LogP contribution in [0.2, 0.25) is 0 Å². The number of benzene rings is 3. The van der Waals surface area contributed by atoms with Crippen molar-refractivity contribution in [2.24, 2.45) is 0 Å². The minimum absolute atomic E-state index is 0.215. The Hall–Kier alpha value is -3.40. The van der Waals surface area contributed by atoms with E-state index in [-0.39, 0.29) is 29.7 Å². The summed E-state index contributed by atoms with van der Waals surface area (Å²) in [6.07, 6.45) is 0. The molecule has 3 rings (SSSR count). The highest BCUT2D eigenvalue weighted by Crippen LogP contribution is 2.18. The van der Waals surface area contributed by atoms with Crippen LogP contribution in [-0.4, -0.2) is 42.3 Å². The van der Waals surface area contributed by atoms with E-state index in [1.807, 2.05) is 42.5 Å². The summed E-state index contributed by atoms with van der Waals surface area (Å²) in [6.45, 7) is 1.82. The summed E-state index contributed by atoms with van der Waals surface area (Å²) in [5.41, 5.74) is 1.90. The lowest BCUT2D eigenvalue weighted by atomic mass is 10.1. The first-order valence-electron chi connectivity index (χ1n) is 10.7. The van der Waals surface area contributed by atoms with E-state index in [2.05, 4.69) is 33.2 Å². The molecule has 0 saturated heterocycles. The van der Waals surface area contributed by atoms with Gasteiger partial charge in [0.1, 0.15) is 11.8 Å². The molecule has 1 atom stereocenters. The summed E-state index contributed by atoms with van der Waals surface area (Å²) < 4.78 is 6.68. The van der Waals surface area contributed by atoms with Gasteiger partial charge < -0.3 is 20.3 Å². The minimum Gasteiger partial charge on any atom is -0.483 e. The predicted molar refractivity (Wildman–Crippen MR) is 140 cm³/mol. The van der Waals surface area contributed by atoms with Crippen molar-refractivity contribution in [2.75, 3.05) is 19.0 Å². The van der Waals surface area contributed by atoms with Crippen LogP contribution in [0.5, 0.6) is 5.75 Å². The maximum Gasteiger partial charge on any atom is 0.262 e. The monoisotopic (exact) mass is 571 g/mol. The zero-order valence-electron chi connectivity index (χ0n) is 19.0. The zero-order chi connectivity index (χ0) is 24.5. The third-order valence-corrected chi connectivity index (χ3v) is 5.69. The van der Waals surface area contributed by atoms with Gasteiger partial charge in [-0.05, 0) is 71.5 Å². The first kappa shape index (κ1) is 25.2. The first-order valence-corrected chi connectivity index (χ1v) is 11.8. The molecule has 0 aliphatic carbocycles. The fraction of sp³-hybridized carbons (Fsp3) is 0.192. The maximum absolute atomic E-state index is 12.9. The molecule has 7 nitrogen and oxygen atoms in total. The van der Waals surface area contributed by atoms with Crippen LogP contribution in [0.3, 0.4) is 0 Å². The van der Waals surface area contributed by atoms with Gasteiger partial charge in [0.15, 0.2) is 6.61 Å². The molecule has 0 radical (unpaired) electrons. The summed E-state index contributed by atoms with van der Waals surface area (Å²) in [7, 11) is 1.70. The van der Waals surface area contributed by atoms with E-state index in [1.54, 1.807) is 55.3 Å². The molecule has 0 fully saturated rings. The Morgan fingerprint density at radius 2 is 1.59 bits per heavy atom. The lowest BCUT2D eigenvalue weighted by Gasteiger charge is -2.22. The molecule has 34 heavy (non-hydrogen) atoms. The van der Waals surface area contributed by atoms with Crippen LogP contribution >= 0.6 is 22.6 Å². The molecular weight excluding hydrogens is 545 g/mol. The number of para-hydroxylation sites is 1. The lowest BCUT2D eigenvalue weighted by Crippen LogP contribution is -2.45. The van der Waals surface area contributed by atoms with Gasteiger partial charge in [-0.15, -0.1) is 0 Å². The molecule has 0 aliphatic heterocycles. The Balaban J connectivity index is 1.57. The lowest BCUT2D eigenvalue weighted by molar-refractivity contribution is -0.132. The highest BCUT2D eigenvalue weighted by atomic mass is 127. The van der Waals surface area contributed by atoms with E-state index in [0.29, 0.717) is 12.2 Å². The summed E-state index contributed by atoms with van der Waals surface area (Å²) in [5.74, 6) is -0.757. The zero-order valence-corrected chi connectivity index (χ0v) is 21.1. The summed E-state index contributed by atoms with van der Waals surface area (Å²) in [4.78, 5) is 39.4. The van der Waals surface area contributed by atoms with E-state index in [4.69, 9.17) is 4.74 Å². The van der Waals surface area contributed by atoms with Crippen molar-refractivity contribution >= 4 is 46.0 Å². The topological polar surface area (TPSA) is 87.7 Å². The van der Waals surface area contributed by atoms with Crippen molar-refractivity contribution in [1.29, 1.82) is 0 Å². The van der Waals surface area contributed by atoms with Gasteiger partial charge in [0.2, 0.25) is 5.91 Å². The van der Waals surface area contributed by atoms with Gasteiger partial charge in [0.25, 0.3) is 11.8 Å². The van der Waals surface area contributed by atoms with Crippen LogP contribution in [0.15, 0.2) is 78.9 Å². The van der Waals surface area contributed by atoms with Gasteiger partial charge in [-0.2, -0.15) is 0 Å². The van der Waals surface area contributed by atoms with Crippen molar-refractivity contribution in [2.45, 2.75) is 19.5 Å². The molecule has 0 bridgehead atoms. The molecule has 0 unspecified atom stereocenters. The number of nitrogens with zero attached hydrogens (tertiary/aromatic N) is 1. The number of nitrogens with one attached hydrogen (secondary N) is 2. The Morgan fingerprint density at radius 3 is 2.29 bits per heavy atom. The van der Waals surface area contributed by atoms with E-state index in [9.17, 15) is 14.4 Å². The van der Waals surface area contributed by atoms with Crippen LogP contribution in [0.1, 0.15) is 22.8 Å². The summed E-state index contributed by atoms with van der Waals surface area (Å²) in [5, 5.41) is 5.47. The van der Waals surface area contributed by atoms with Gasteiger partial charge in [0, 0.05) is 22.8 Å². The predicted octanol–water partition coefficient (Wildman–Crippen LogP) is 4.09. The number of hydrogen-bond donors (Lipinski definition) is 2. The molecule has 0 aromatic heterocycles. The molecule has 0 spiro atoms. The SMILES string of the molecule is C[C@H](NC(=O)c1ccccc1OCC(=O)Nc1ccc(I)cc1)C(=O)N(C)Cc1ccccc1. The van der Waals surface area contributed by atoms with Crippen molar-refractivity contribution in [1.82, 2.24) is 10.2 Å². The van der Waals surface area contributed by atoms with Crippen molar-refractivity contribution in [3.05, 3.63) is 93.6 Å². The third-order valence-electron chi connectivity index (χ3n) is 4.98. The number of anilines is 1. The number of carbonyl (C=O) groups excluding carboxylic acids is 3. The van der Waals surface area contributed by atoms with E-state index in [0.717, 1.165) is 9.13 Å². The Bertz CT molecular complexity index is 1140. The van der Waals surface area contributed by atoms with Crippen LogP contribution in [0.4, 0.5) is 5.69 Å². The number of hydrogen-bond acceptors (Lipinski definition) is 4. The fourth-order valence-corrected chi connectivity index (χ4v) is 3.62. The molecule has 8 heteroatoms. The second kappa shape index (κ2) is 12.2. The molecule has 3 aromatic carbocycles. The van der Waals surface area contributed by atoms with Gasteiger partial charge in [0.05, 0.1) is 5.56 Å². The normalized spacial score (nSPS) is 11.3. The largest absolute Gasteiger partial charge is 0.483 e. The summed E-state index contributed by atoms with van der Waals surface area (Å²) >= 11 is 2.19. The minimum atomic E-state index is -0.738. The van der Waals surface area contributed by atoms with E-state index in [1.165, 1.54) is 0 Å². The molecule has 0 heterocycles. The van der Waals surface area contributed by atoms with Gasteiger partial charge in [-0.1, -0.05) is 42.5 Å². The van der Waals surface area contributed by atoms with Crippen molar-refractivity contribution < 1.29 is 19.1 Å². The second-order valence-corrected chi connectivity index (χ2v) is 8.96. The molecule has 2 N–H and O–H groups in total. The second-order valence-electron chi connectivity index (χ2n) is 7.71. The average Bonchev–Trinajstić information content (AvgIpc) is 2.84. The van der Waals surface area contributed by atoms with Gasteiger partial charge in [-0.25, -0.2) is 0 Å². The molecule has 0 saturated carbocycles.